The number of carbonyl (C=O) groups is 3. The Bertz CT molecular complexity index is 992. The largest absolute Gasteiger partial charge is 0.475 e. The van der Waals surface area contributed by atoms with Crippen molar-refractivity contribution in [1.29, 1.82) is 0 Å². The zero-order chi connectivity index (χ0) is 25.4. The first-order chi connectivity index (χ1) is 16.8. The van der Waals surface area contributed by atoms with Crippen molar-refractivity contribution in [1.82, 2.24) is 25.5 Å². The number of benzene rings is 1. The van der Waals surface area contributed by atoms with E-state index in [0.717, 1.165) is 5.56 Å². The highest BCUT2D eigenvalue weighted by Gasteiger charge is 2.40. The average Bonchev–Trinajstić information content (AvgIpc) is 3.34. The van der Waals surface area contributed by atoms with Crippen LogP contribution >= 0.6 is 0 Å². The summed E-state index contributed by atoms with van der Waals surface area (Å²) >= 11 is 0. The molecule has 0 aliphatic carbocycles. The molecule has 0 spiro atoms. The molecule has 1 saturated heterocycles. The van der Waals surface area contributed by atoms with Crippen molar-refractivity contribution in [2.75, 3.05) is 6.54 Å². The SMILES string of the molecule is CC(C)C[C@H](NC(=O)c1cnccn1)C(=O)N[C@@H](Cc1ccccc1)C(=O)N1CCC[C@@H]1B(O)O. The van der Waals surface area contributed by atoms with Crippen LogP contribution in [-0.4, -0.2) is 74.3 Å². The molecule has 1 aromatic carbocycles. The third-order valence-electron chi connectivity index (χ3n) is 5.95. The van der Waals surface area contributed by atoms with Gasteiger partial charge in [0.15, 0.2) is 0 Å². The van der Waals surface area contributed by atoms with E-state index in [-0.39, 0.29) is 23.9 Å². The highest BCUT2D eigenvalue weighted by atomic mass is 16.4. The van der Waals surface area contributed by atoms with E-state index < -0.39 is 37.0 Å². The summed E-state index contributed by atoms with van der Waals surface area (Å²) in [5.41, 5.74) is 0.929. The minimum Gasteiger partial charge on any atom is -0.426 e. The second-order valence-electron chi connectivity index (χ2n) is 9.15. The number of rotatable bonds is 10. The Kier molecular flexibility index (Phi) is 9.33. The van der Waals surface area contributed by atoms with E-state index in [0.29, 0.717) is 25.8 Å². The van der Waals surface area contributed by atoms with E-state index in [1.54, 1.807) is 0 Å². The molecule has 186 valence electrons. The Labute approximate surface area is 205 Å². The number of hydrogen-bond donors (Lipinski definition) is 4. The summed E-state index contributed by atoms with van der Waals surface area (Å²) in [6.45, 7) is 4.23. The van der Waals surface area contributed by atoms with Gasteiger partial charge >= 0.3 is 7.12 Å². The number of nitrogens with one attached hydrogen (secondary N) is 2. The summed E-state index contributed by atoms with van der Waals surface area (Å²) in [5.74, 6) is -2.05. The molecule has 1 fully saturated rings. The number of amides is 3. The Morgan fingerprint density at radius 2 is 1.86 bits per heavy atom. The van der Waals surface area contributed by atoms with Crippen molar-refractivity contribution in [3.05, 3.63) is 60.2 Å². The molecule has 10 nitrogen and oxygen atoms in total. The molecule has 1 aliphatic heterocycles. The van der Waals surface area contributed by atoms with Gasteiger partial charge in [-0.25, -0.2) is 4.98 Å². The summed E-state index contributed by atoms with van der Waals surface area (Å²) in [5, 5.41) is 25.0. The van der Waals surface area contributed by atoms with E-state index in [4.69, 9.17) is 0 Å². The maximum atomic E-state index is 13.5. The van der Waals surface area contributed by atoms with Crippen LogP contribution in [0.15, 0.2) is 48.9 Å². The van der Waals surface area contributed by atoms with Crippen LogP contribution in [0, 0.1) is 5.92 Å². The van der Waals surface area contributed by atoms with Crippen LogP contribution in [0.3, 0.4) is 0 Å². The summed E-state index contributed by atoms with van der Waals surface area (Å²) in [6, 6.07) is 7.43. The molecule has 1 aromatic heterocycles. The fraction of sp³-hybridized carbons (Fsp3) is 0.458. The van der Waals surface area contributed by atoms with E-state index in [2.05, 4.69) is 20.6 Å². The summed E-state index contributed by atoms with van der Waals surface area (Å²) in [6.07, 6.45) is 5.85. The Morgan fingerprint density at radius 3 is 2.49 bits per heavy atom. The van der Waals surface area contributed by atoms with Gasteiger partial charge in [-0.05, 0) is 30.7 Å². The molecular formula is C24H32BN5O5. The topological polar surface area (TPSA) is 145 Å². The number of nitrogens with zero attached hydrogens (tertiary/aromatic N) is 3. The van der Waals surface area contributed by atoms with E-state index in [1.165, 1.54) is 23.5 Å². The standard InChI is InChI=1S/C24H32BN5O5/c1-16(2)13-18(28-23(32)20-15-26-10-11-27-20)22(31)29-19(14-17-7-4-3-5-8-17)24(33)30-12-6-9-21(30)25(34)35/h3-5,7-8,10-11,15-16,18-19,21,34-35H,6,9,12-14H2,1-2H3,(H,28,32)(H,29,31)/t18-,19-,21+/m0/s1. The van der Waals surface area contributed by atoms with Crippen LogP contribution < -0.4 is 10.6 Å². The predicted octanol–water partition coefficient (Wildman–Crippen LogP) is 0.352. The lowest BCUT2D eigenvalue weighted by Crippen LogP contribution is -2.57. The van der Waals surface area contributed by atoms with Gasteiger partial charge in [0.05, 0.1) is 12.1 Å². The highest BCUT2D eigenvalue weighted by Crippen LogP contribution is 2.20. The molecule has 2 heterocycles. The minimum atomic E-state index is -1.66. The van der Waals surface area contributed by atoms with Gasteiger partial charge < -0.3 is 25.6 Å². The van der Waals surface area contributed by atoms with Crippen LogP contribution in [0.25, 0.3) is 0 Å². The lowest BCUT2D eigenvalue weighted by atomic mass is 9.77. The Balaban J connectivity index is 1.80. The zero-order valence-corrected chi connectivity index (χ0v) is 20.0. The van der Waals surface area contributed by atoms with Crippen LogP contribution in [0.1, 0.15) is 49.2 Å². The van der Waals surface area contributed by atoms with Gasteiger partial charge in [0.25, 0.3) is 5.91 Å². The fourth-order valence-corrected chi connectivity index (χ4v) is 4.25. The quantitative estimate of drug-likeness (QED) is 0.359. The first-order valence-corrected chi connectivity index (χ1v) is 11.8. The predicted molar refractivity (Wildman–Crippen MR) is 130 cm³/mol. The molecule has 4 N–H and O–H groups in total. The lowest BCUT2D eigenvalue weighted by Gasteiger charge is -2.30. The normalized spacial score (nSPS) is 17.1. The Morgan fingerprint density at radius 1 is 1.11 bits per heavy atom. The van der Waals surface area contributed by atoms with Crippen LogP contribution in [-0.2, 0) is 16.0 Å². The number of hydrogen-bond acceptors (Lipinski definition) is 7. The minimum absolute atomic E-state index is 0.0859. The number of aromatic nitrogens is 2. The molecule has 35 heavy (non-hydrogen) atoms. The molecular weight excluding hydrogens is 449 g/mol. The third kappa shape index (κ3) is 7.34. The molecule has 0 bridgehead atoms. The molecule has 1 aliphatic rings. The van der Waals surface area contributed by atoms with Crippen molar-refractivity contribution in [2.24, 2.45) is 5.92 Å². The van der Waals surface area contributed by atoms with Gasteiger partial charge in [0.1, 0.15) is 17.8 Å². The molecule has 3 atom stereocenters. The molecule has 0 unspecified atom stereocenters. The molecule has 11 heteroatoms. The molecule has 3 amide bonds. The summed E-state index contributed by atoms with van der Waals surface area (Å²) in [7, 11) is -1.66. The van der Waals surface area contributed by atoms with E-state index in [1.807, 2.05) is 44.2 Å². The third-order valence-corrected chi connectivity index (χ3v) is 5.95. The van der Waals surface area contributed by atoms with Crippen LogP contribution in [0.2, 0.25) is 0 Å². The molecule has 3 rings (SSSR count). The van der Waals surface area contributed by atoms with Crippen molar-refractivity contribution >= 4 is 24.8 Å². The van der Waals surface area contributed by atoms with Crippen molar-refractivity contribution in [3.8, 4) is 0 Å². The van der Waals surface area contributed by atoms with E-state index in [9.17, 15) is 24.4 Å². The number of carbonyl (C=O) groups excluding carboxylic acids is 3. The van der Waals surface area contributed by atoms with Crippen molar-refractivity contribution in [3.63, 3.8) is 0 Å². The summed E-state index contributed by atoms with van der Waals surface area (Å²) < 4.78 is 0. The maximum Gasteiger partial charge on any atom is 0.475 e. The monoisotopic (exact) mass is 481 g/mol. The van der Waals surface area contributed by atoms with Crippen molar-refractivity contribution in [2.45, 2.75) is 57.6 Å². The van der Waals surface area contributed by atoms with Crippen LogP contribution in [0.5, 0.6) is 0 Å². The van der Waals surface area contributed by atoms with Crippen LogP contribution in [0.4, 0.5) is 0 Å². The van der Waals surface area contributed by atoms with Gasteiger partial charge in [0.2, 0.25) is 11.8 Å². The second kappa shape index (κ2) is 12.4. The average molecular weight is 481 g/mol. The molecule has 0 radical (unpaired) electrons. The first-order valence-electron chi connectivity index (χ1n) is 11.8. The first kappa shape index (κ1) is 26.3. The van der Waals surface area contributed by atoms with Gasteiger partial charge in [-0.2, -0.15) is 0 Å². The summed E-state index contributed by atoms with van der Waals surface area (Å²) in [4.78, 5) is 48.8. The smallest absolute Gasteiger partial charge is 0.426 e. The van der Waals surface area contributed by atoms with Gasteiger partial charge in [-0.15, -0.1) is 0 Å². The maximum absolute atomic E-state index is 13.5. The Hall–Kier alpha value is -3.31. The van der Waals surface area contributed by atoms with Gasteiger partial charge in [0, 0.05) is 25.4 Å². The van der Waals surface area contributed by atoms with Gasteiger partial charge in [-0.3, -0.25) is 19.4 Å². The number of likely N-dealkylation sites (tertiary alicyclic amines) is 1. The molecule has 2 aromatic rings. The molecule has 0 saturated carbocycles. The van der Waals surface area contributed by atoms with E-state index >= 15 is 0 Å². The highest BCUT2D eigenvalue weighted by molar-refractivity contribution is 6.43. The fourth-order valence-electron chi connectivity index (χ4n) is 4.25. The lowest BCUT2D eigenvalue weighted by molar-refractivity contribution is -0.137. The second-order valence-corrected chi connectivity index (χ2v) is 9.15. The van der Waals surface area contributed by atoms with Crippen molar-refractivity contribution < 1.29 is 24.4 Å². The zero-order valence-electron chi connectivity index (χ0n) is 20.0. The van der Waals surface area contributed by atoms with Gasteiger partial charge in [-0.1, -0.05) is 44.2 Å².